The van der Waals surface area contributed by atoms with Gasteiger partial charge in [0.15, 0.2) is 0 Å². The smallest absolute Gasteiger partial charge is 0.240 e. The molecule has 3 aliphatic heterocycles. The van der Waals surface area contributed by atoms with Gasteiger partial charge < -0.3 is 14.5 Å². The molecular formula is C34H28N8O. The van der Waals surface area contributed by atoms with Crippen molar-refractivity contribution in [1.82, 2.24) is 34.9 Å². The van der Waals surface area contributed by atoms with Gasteiger partial charge in [-0.15, -0.1) is 0 Å². The zero-order valence-electron chi connectivity index (χ0n) is 23.4. The van der Waals surface area contributed by atoms with Crippen molar-refractivity contribution in [2.75, 3.05) is 0 Å². The minimum atomic E-state index is -0.0220. The number of carbonyl (C=O) groups is 1. The molecule has 5 aromatic rings. The highest BCUT2D eigenvalue weighted by atomic mass is 16.2. The Bertz CT molecular complexity index is 1970. The Kier molecular flexibility index (Phi) is 6.80. The molecule has 7 heterocycles. The van der Waals surface area contributed by atoms with Crippen molar-refractivity contribution in [1.29, 1.82) is 0 Å². The zero-order valence-corrected chi connectivity index (χ0v) is 23.4. The van der Waals surface area contributed by atoms with E-state index in [4.69, 9.17) is 0 Å². The van der Waals surface area contributed by atoms with Crippen LogP contribution in [-0.4, -0.2) is 41.1 Å². The Morgan fingerprint density at radius 3 is 1.81 bits per heavy atom. The second-order valence-corrected chi connectivity index (χ2v) is 10.6. The van der Waals surface area contributed by atoms with Crippen molar-refractivity contribution in [3.05, 3.63) is 120 Å². The molecule has 9 nitrogen and oxygen atoms in total. The van der Waals surface area contributed by atoms with E-state index in [-0.39, 0.29) is 11.8 Å². The fourth-order valence-corrected chi connectivity index (χ4v) is 5.16. The third kappa shape index (κ3) is 5.96. The molecule has 0 saturated heterocycles. The average Bonchev–Trinajstić information content (AvgIpc) is 3.84. The third-order valence-electron chi connectivity index (χ3n) is 7.27. The molecule has 0 saturated carbocycles. The van der Waals surface area contributed by atoms with Crippen LogP contribution in [0.25, 0.3) is 52.1 Å². The molecule has 0 spiro atoms. The van der Waals surface area contributed by atoms with Gasteiger partial charge in [0, 0.05) is 52.5 Å². The first kappa shape index (κ1) is 26.1. The predicted molar refractivity (Wildman–Crippen MR) is 171 cm³/mol. The highest BCUT2D eigenvalue weighted by Gasteiger charge is 2.21. The van der Waals surface area contributed by atoms with Crippen LogP contribution >= 0.6 is 0 Å². The van der Waals surface area contributed by atoms with Crippen molar-refractivity contribution >= 4 is 58.0 Å². The van der Waals surface area contributed by atoms with E-state index < -0.39 is 0 Å². The van der Waals surface area contributed by atoms with Crippen molar-refractivity contribution < 1.29 is 4.79 Å². The number of hydrogen-bond donors (Lipinski definition) is 3. The van der Waals surface area contributed by atoms with E-state index in [1.807, 2.05) is 84.5 Å². The molecule has 43 heavy (non-hydrogen) atoms. The van der Waals surface area contributed by atoms with E-state index in [2.05, 4.69) is 65.8 Å². The lowest BCUT2D eigenvalue weighted by Crippen LogP contribution is -2.31. The molecule has 3 N–H and O–H groups in total. The van der Waals surface area contributed by atoms with E-state index in [1.54, 1.807) is 12.5 Å². The van der Waals surface area contributed by atoms with Crippen LogP contribution in [0, 0.1) is 5.92 Å². The normalized spacial score (nSPS) is 15.4. The van der Waals surface area contributed by atoms with Crippen LogP contribution in [0.4, 0.5) is 0 Å². The molecule has 3 aliphatic rings. The first-order valence-corrected chi connectivity index (χ1v) is 14.0. The molecule has 8 bridgehead atoms. The van der Waals surface area contributed by atoms with E-state index in [1.165, 1.54) is 0 Å². The average molecular weight is 565 g/mol. The van der Waals surface area contributed by atoms with E-state index in [0.717, 1.165) is 61.8 Å². The number of aromatic amines is 2. The number of imidazole rings is 1. The molecule has 210 valence electrons. The van der Waals surface area contributed by atoms with Gasteiger partial charge in [0.25, 0.3) is 0 Å². The highest BCUT2D eigenvalue weighted by Crippen LogP contribution is 2.19. The molecule has 0 radical (unpaired) electrons. The summed E-state index contributed by atoms with van der Waals surface area (Å²) >= 11 is 0. The summed E-state index contributed by atoms with van der Waals surface area (Å²) in [6.45, 7) is 2.02. The Balaban J connectivity index is 0.000000144. The number of benzene rings is 1. The summed E-state index contributed by atoms with van der Waals surface area (Å²) < 4.78 is 1.94. The van der Waals surface area contributed by atoms with Crippen molar-refractivity contribution in [3.63, 3.8) is 0 Å². The van der Waals surface area contributed by atoms with E-state index >= 15 is 0 Å². The Hall–Kier alpha value is -5.83. The SMILES string of the molecule is C1=Cc2cc3ccc(cc4ccc(cc5nc(cc1n2)C=C5)[nH]4)[nH]3.CC1CC(=O)NN=C1c1ccc(-n2ccnc2)cc1. The summed E-state index contributed by atoms with van der Waals surface area (Å²) in [5.74, 6) is 0.124. The molecule has 8 rings (SSSR count). The molecular weight excluding hydrogens is 536 g/mol. The molecule has 0 aliphatic carbocycles. The lowest BCUT2D eigenvalue weighted by molar-refractivity contribution is -0.121. The molecule has 9 heteroatoms. The Labute approximate surface area is 247 Å². The second kappa shape index (κ2) is 11.2. The summed E-state index contributed by atoms with van der Waals surface area (Å²) in [5.41, 5.74) is 13.4. The number of carbonyl (C=O) groups excluding carboxylic acids is 1. The van der Waals surface area contributed by atoms with Crippen LogP contribution < -0.4 is 5.43 Å². The van der Waals surface area contributed by atoms with Gasteiger partial charge in [-0.1, -0.05) is 19.1 Å². The first-order chi connectivity index (χ1) is 21.0. The van der Waals surface area contributed by atoms with Crippen LogP contribution in [-0.2, 0) is 4.79 Å². The lowest BCUT2D eigenvalue weighted by atomic mass is 9.94. The van der Waals surface area contributed by atoms with Gasteiger partial charge in [0.1, 0.15) is 0 Å². The Morgan fingerprint density at radius 1 is 0.721 bits per heavy atom. The number of nitrogens with zero attached hydrogens (tertiary/aromatic N) is 5. The van der Waals surface area contributed by atoms with Gasteiger partial charge in [0.2, 0.25) is 5.91 Å². The lowest BCUT2D eigenvalue weighted by Gasteiger charge is -2.19. The van der Waals surface area contributed by atoms with Gasteiger partial charge in [-0.2, -0.15) is 5.10 Å². The number of fused-ring (bicyclic) bond motifs is 8. The number of aromatic nitrogens is 6. The summed E-state index contributed by atoms with van der Waals surface area (Å²) in [5, 5.41) is 4.15. The summed E-state index contributed by atoms with van der Waals surface area (Å²) in [4.78, 5) is 31.3. The maximum atomic E-state index is 11.2. The van der Waals surface area contributed by atoms with Crippen molar-refractivity contribution in [2.45, 2.75) is 13.3 Å². The van der Waals surface area contributed by atoms with Crippen molar-refractivity contribution in [2.24, 2.45) is 11.0 Å². The minimum Gasteiger partial charge on any atom is -0.355 e. The molecule has 0 fully saturated rings. The molecule has 1 unspecified atom stereocenters. The van der Waals surface area contributed by atoms with E-state index in [0.29, 0.717) is 6.42 Å². The van der Waals surface area contributed by atoms with Crippen LogP contribution in [0.15, 0.2) is 96.6 Å². The number of H-pyrrole nitrogens is 2. The number of amides is 1. The van der Waals surface area contributed by atoms with Gasteiger partial charge >= 0.3 is 0 Å². The maximum Gasteiger partial charge on any atom is 0.240 e. The van der Waals surface area contributed by atoms with Crippen LogP contribution in [0.5, 0.6) is 0 Å². The van der Waals surface area contributed by atoms with Crippen LogP contribution in [0.3, 0.4) is 0 Å². The van der Waals surface area contributed by atoms with E-state index in [9.17, 15) is 4.79 Å². The Morgan fingerprint density at radius 2 is 1.28 bits per heavy atom. The monoisotopic (exact) mass is 564 g/mol. The summed E-state index contributed by atoms with van der Waals surface area (Å²) in [6.07, 6.45) is 13.9. The van der Waals surface area contributed by atoms with Gasteiger partial charge in [-0.05, 0) is 90.5 Å². The fraction of sp³-hybridized carbons (Fsp3) is 0.0882. The molecule has 1 atom stereocenters. The van der Waals surface area contributed by atoms with Gasteiger partial charge in [-0.3, -0.25) is 4.79 Å². The fourth-order valence-electron chi connectivity index (χ4n) is 5.16. The highest BCUT2D eigenvalue weighted by molar-refractivity contribution is 6.05. The number of rotatable bonds is 2. The van der Waals surface area contributed by atoms with Gasteiger partial charge in [-0.25, -0.2) is 20.4 Å². The summed E-state index contributed by atoms with van der Waals surface area (Å²) in [6, 6.07) is 24.5. The number of hydrazone groups is 1. The largest absolute Gasteiger partial charge is 0.355 e. The minimum absolute atomic E-state index is 0.0220. The maximum absolute atomic E-state index is 11.2. The molecule has 1 amide bonds. The first-order valence-electron chi connectivity index (χ1n) is 14.0. The van der Waals surface area contributed by atoms with Crippen molar-refractivity contribution in [3.8, 4) is 5.69 Å². The molecule has 4 aromatic heterocycles. The second-order valence-electron chi connectivity index (χ2n) is 10.6. The van der Waals surface area contributed by atoms with Crippen LogP contribution in [0.2, 0.25) is 0 Å². The third-order valence-corrected chi connectivity index (χ3v) is 7.27. The zero-order chi connectivity index (χ0) is 29.2. The standard InChI is InChI=1S/C20H14N4.C14H14N4O/c1-2-14-10-16-5-6-18(23-16)12-20-8-7-19(24-20)11-17-4-3-15(22-17)9-13(1)21-14;1-10-8-13(19)16-17-14(10)11-2-4-12(5-3-11)18-7-6-15-9-18/h1-12,21-22H;2-7,9-10H,8H2,1H3,(H,16,19). The quantitative estimate of drug-likeness (QED) is 0.226. The van der Waals surface area contributed by atoms with Gasteiger partial charge in [0.05, 0.1) is 34.8 Å². The number of nitrogens with one attached hydrogen (secondary N) is 3. The summed E-state index contributed by atoms with van der Waals surface area (Å²) in [7, 11) is 0. The molecule has 1 aromatic carbocycles. The number of hydrogen-bond acceptors (Lipinski definition) is 5. The topological polar surface area (TPSA) is 117 Å². The van der Waals surface area contributed by atoms with Crippen LogP contribution in [0.1, 0.15) is 41.7 Å². The predicted octanol–water partition coefficient (Wildman–Crippen LogP) is 6.39.